The van der Waals surface area contributed by atoms with Crippen molar-refractivity contribution in [3.8, 4) is 0 Å². The lowest BCUT2D eigenvalue weighted by atomic mass is 10.1. The molecule has 0 amide bonds. The molecule has 0 bridgehead atoms. The fraction of sp³-hybridized carbons (Fsp3) is 0.714. The van der Waals surface area contributed by atoms with Crippen LogP contribution in [0.2, 0.25) is 0 Å². The third-order valence-electron chi connectivity index (χ3n) is 3.03. The van der Waals surface area contributed by atoms with E-state index in [0.29, 0.717) is 6.04 Å². The van der Waals surface area contributed by atoms with E-state index in [0.717, 1.165) is 6.54 Å². The maximum atomic E-state index is 3.62. The molecule has 1 nitrogen and oxygen atoms in total. The minimum Gasteiger partial charge on any atom is -0.310 e. The van der Waals surface area contributed by atoms with Crippen molar-refractivity contribution in [2.24, 2.45) is 0 Å². The highest BCUT2D eigenvalue weighted by molar-refractivity contribution is 7.12. The molecule has 1 aromatic rings. The number of hydrogen-bond donors (Lipinski definition) is 1. The van der Waals surface area contributed by atoms with Crippen LogP contribution in [0.5, 0.6) is 0 Å². The molecular weight excluding hydrogens is 214 g/mol. The van der Waals surface area contributed by atoms with Crippen LogP contribution in [0, 0.1) is 13.8 Å². The zero-order valence-electron chi connectivity index (χ0n) is 11.1. The molecule has 2 heteroatoms. The molecule has 0 fully saturated rings. The second kappa shape index (κ2) is 7.08. The maximum absolute atomic E-state index is 3.62. The van der Waals surface area contributed by atoms with Crippen LogP contribution in [0.4, 0.5) is 0 Å². The van der Waals surface area contributed by atoms with Crippen LogP contribution < -0.4 is 5.32 Å². The number of unbranched alkanes of at least 4 members (excludes halogenated alkanes) is 3. The summed E-state index contributed by atoms with van der Waals surface area (Å²) < 4.78 is 0. The molecule has 0 saturated carbocycles. The summed E-state index contributed by atoms with van der Waals surface area (Å²) in [5.74, 6) is 0. The quantitative estimate of drug-likeness (QED) is 0.686. The molecule has 0 aliphatic heterocycles. The molecular formula is C14H25NS. The van der Waals surface area contributed by atoms with E-state index in [-0.39, 0.29) is 0 Å². The topological polar surface area (TPSA) is 12.0 Å². The molecule has 16 heavy (non-hydrogen) atoms. The summed E-state index contributed by atoms with van der Waals surface area (Å²) in [4.78, 5) is 2.89. The van der Waals surface area contributed by atoms with E-state index in [1.807, 2.05) is 11.3 Å². The summed E-state index contributed by atoms with van der Waals surface area (Å²) in [6, 6.07) is 2.83. The van der Waals surface area contributed by atoms with Crippen molar-refractivity contribution in [1.82, 2.24) is 5.32 Å². The Balaban J connectivity index is 2.29. The van der Waals surface area contributed by atoms with Crippen LogP contribution in [0.3, 0.4) is 0 Å². The number of aryl methyl sites for hydroxylation is 2. The van der Waals surface area contributed by atoms with Gasteiger partial charge < -0.3 is 5.32 Å². The van der Waals surface area contributed by atoms with Gasteiger partial charge in [0.25, 0.3) is 0 Å². The molecule has 0 aliphatic rings. The van der Waals surface area contributed by atoms with Crippen molar-refractivity contribution in [2.75, 3.05) is 6.54 Å². The molecule has 1 unspecified atom stereocenters. The molecule has 1 aromatic heterocycles. The summed E-state index contributed by atoms with van der Waals surface area (Å²) in [6.45, 7) is 10.1. The number of thiophene rings is 1. The van der Waals surface area contributed by atoms with Gasteiger partial charge in [0.1, 0.15) is 0 Å². The molecule has 0 aromatic carbocycles. The van der Waals surface area contributed by atoms with Gasteiger partial charge >= 0.3 is 0 Å². The highest BCUT2D eigenvalue weighted by Crippen LogP contribution is 2.25. The number of nitrogens with one attached hydrogen (secondary N) is 1. The van der Waals surface area contributed by atoms with Crippen molar-refractivity contribution in [2.45, 2.75) is 59.4 Å². The lowest BCUT2D eigenvalue weighted by Crippen LogP contribution is -2.19. The van der Waals surface area contributed by atoms with Crippen molar-refractivity contribution in [3.63, 3.8) is 0 Å². The fourth-order valence-corrected chi connectivity index (χ4v) is 3.08. The first-order chi connectivity index (χ1) is 7.65. The highest BCUT2D eigenvalue weighted by atomic mass is 32.1. The first-order valence-corrected chi connectivity index (χ1v) is 7.27. The van der Waals surface area contributed by atoms with Crippen LogP contribution in [0.25, 0.3) is 0 Å². The summed E-state index contributed by atoms with van der Waals surface area (Å²) in [5.41, 5.74) is 1.48. The molecule has 1 rings (SSSR count). The summed E-state index contributed by atoms with van der Waals surface area (Å²) in [5, 5.41) is 3.62. The van der Waals surface area contributed by atoms with Gasteiger partial charge in [-0.2, -0.15) is 0 Å². The predicted octanol–water partition coefficient (Wildman–Crippen LogP) is 4.60. The van der Waals surface area contributed by atoms with E-state index in [9.17, 15) is 0 Å². The van der Waals surface area contributed by atoms with Crippen molar-refractivity contribution < 1.29 is 0 Å². The molecule has 1 heterocycles. The average molecular weight is 239 g/mol. The SMILES string of the molecule is CCCCCCNC(C)c1cc(C)sc1C. The van der Waals surface area contributed by atoms with Gasteiger partial charge in [0, 0.05) is 15.8 Å². The molecule has 0 spiro atoms. The van der Waals surface area contributed by atoms with Gasteiger partial charge in [-0.3, -0.25) is 0 Å². The zero-order chi connectivity index (χ0) is 12.0. The van der Waals surface area contributed by atoms with E-state index >= 15 is 0 Å². The normalized spacial score (nSPS) is 13.0. The lowest BCUT2D eigenvalue weighted by Gasteiger charge is -2.13. The molecule has 1 N–H and O–H groups in total. The predicted molar refractivity (Wildman–Crippen MR) is 74.4 cm³/mol. The first-order valence-electron chi connectivity index (χ1n) is 6.45. The van der Waals surface area contributed by atoms with Crippen LogP contribution in [-0.2, 0) is 0 Å². The molecule has 0 radical (unpaired) electrons. The molecule has 0 saturated heterocycles. The van der Waals surface area contributed by atoms with Crippen LogP contribution in [0.15, 0.2) is 6.07 Å². The number of rotatable bonds is 7. The fourth-order valence-electron chi connectivity index (χ4n) is 2.06. The first kappa shape index (κ1) is 13.7. The largest absolute Gasteiger partial charge is 0.310 e. The van der Waals surface area contributed by atoms with Gasteiger partial charge in [0.05, 0.1) is 0 Å². The Morgan fingerprint density at radius 3 is 2.56 bits per heavy atom. The smallest absolute Gasteiger partial charge is 0.0302 e. The van der Waals surface area contributed by atoms with Crippen molar-refractivity contribution in [3.05, 3.63) is 21.4 Å². The van der Waals surface area contributed by atoms with Gasteiger partial charge in [-0.05, 0) is 45.4 Å². The second-order valence-electron chi connectivity index (χ2n) is 4.61. The van der Waals surface area contributed by atoms with Gasteiger partial charge in [0.2, 0.25) is 0 Å². The van der Waals surface area contributed by atoms with Gasteiger partial charge in [-0.15, -0.1) is 11.3 Å². The minimum absolute atomic E-state index is 0.506. The molecule has 92 valence electrons. The Morgan fingerprint density at radius 1 is 1.25 bits per heavy atom. The Hall–Kier alpha value is -0.340. The Labute approximate surface area is 104 Å². The van der Waals surface area contributed by atoms with Crippen LogP contribution in [0.1, 0.15) is 60.9 Å². The van der Waals surface area contributed by atoms with E-state index < -0.39 is 0 Å². The minimum atomic E-state index is 0.506. The Kier molecular flexibility index (Phi) is 6.07. The van der Waals surface area contributed by atoms with Crippen LogP contribution in [-0.4, -0.2) is 6.54 Å². The van der Waals surface area contributed by atoms with Gasteiger partial charge in [0.15, 0.2) is 0 Å². The van der Waals surface area contributed by atoms with E-state index in [1.165, 1.54) is 41.0 Å². The van der Waals surface area contributed by atoms with E-state index in [2.05, 4.69) is 39.1 Å². The standard InChI is InChI=1S/C14H25NS/c1-5-6-7-8-9-15-12(3)14-10-11(2)16-13(14)4/h10,12,15H,5-9H2,1-4H3. The number of hydrogen-bond acceptors (Lipinski definition) is 2. The molecule has 1 atom stereocenters. The van der Waals surface area contributed by atoms with E-state index in [1.54, 1.807) is 0 Å². The van der Waals surface area contributed by atoms with Crippen LogP contribution >= 0.6 is 11.3 Å². The summed E-state index contributed by atoms with van der Waals surface area (Å²) >= 11 is 1.90. The second-order valence-corrected chi connectivity index (χ2v) is 6.07. The summed E-state index contributed by atoms with van der Waals surface area (Å²) in [6.07, 6.45) is 5.35. The van der Waals surface area contributed by atoms with E-state index in [4.69, 9.17) is 0 Å². The lowest BCUT2D eigenvalue weighted by molar-refractivity contribution is 0.536. The monoisotopic (exact) mass is 239 g/mol. The summed E-state index contributed by atoms with van der Waals surface area (Å²) in [7, 11) is 0. The molecule has 0 aliphatic carbocycles. The average Bonchev–Trinajstić information content (AvgIpc) is 2.57. The van der Waals surface area contributed by atoms with Crippen molar-refractivity contribution in [1.29, 1.82) is 0 Å². The third-order valence-corrected chi connectivity index (χ3v) is 4.01. The van der Waals surface area contributed by atoms with Gasteiger partial charge in [-0.1, -0.05) is 26.2 Å². The highest BCUT2D eigenvalue weighted by Gasteiger charge is 2.09. The Bertz CT molecular complexity index is 304. The zero-order valence-corrected chi connectivity index (χ0v) is 11.9. The van der Waals surface area contributed by atoms with Crippen molar-refractivity contribution >= 4 is 11.3 Å². The van der Waals surface area contributed by atoms with Gasteiger partial charge in [-0.25, -0.2) is 0 Å². The Morgan fingerprint density at radius 2 is 2.00 bits per heavy atom. The maximum Gasteiger partial charge on any atom is 0.0302 e. The third kappa shape index (κ3) is 4.26.